The molecule has 0 fully saturated rings. The maximum absolute atomic E-state index is 11.5. The molecule has 1 N–H and O–H groups in total. The van der Waals surface area contributed by atoms with Crippen molar-refractivity contribution in [1.82, 2.24) is 5.32 Å². The number of allylic oxidation sites excluding steroid dienone is 1. The average molecular weight is 351 g/mol. The summed E-state index contributed by atoms with van der Waals surface area (Å²) in [5, 5.41) is 3.09. The first kappa shape index (κ1) is 21.9. The second-order valence-corrected chi connectivity index (χ2v) is 7.40. The Morgan fingerprint density at radius 1 is 1.20 bits per heavy atom. The fourth-order valence-corrected chi connectivity index (χ4v) is 4.01. The largest absolute Gasteiger partial charge is 0.307 e. The van der Waals surface area contributed by atoms with E-state index in [4.69, 9.17) is 4.99 Å². The quantitative estimate of drug-likeness (QED) is 0.273. The number of amidine groups is 1. The van der Waals surface area contributed by atoms with E-state index < -0.39 is 0 Å². The van der Waals surface area contributed by atoms with Crippen LogP contribution in [0.3, 0.4) is 0 Å². The molecule has 1 amide bonds. The summed E-state index contributed by atoms with van der Waals surface area (Å²) in [6.07, 6.45) is 15.0. The van der Waals surface area contributed by atoms with Gasteiger partial charge in [-0.1, -0.05) is 44.6 Å². The van der Waals surface area contributed by atoms with Crippen LogP contribution in [0.2, 0.25) is 0 Å². The van der Waals surface area contributed by atoms with E-state index in [0.29, 0.717) is 0 Å². The number of amides is 1. The number of carbonyl (C=O) groups excluding carboxylic acids is 1. The van der Waals surface area contributed by atoms with E-state index >= 15 is 0 Å². The summed E-state index contributed by atoms with van der Waals surface area (Å²) in [4.78, 5) is 16.2. The molecule has 0 saturated carbocycles. The molecule has 4 nitrogen and oxygen atoms in total. The SMILES string of the molecule is C=CCCCCCCCCCCC1=NCC[N+]1(CC)C(C)NC(C)=O. The van der Waals surface area contributed by atoms with Crippen molar-refractivity contribution in [3.63, 3.8) is 0 Å². The molecule has 1 heterocycles. The van der Waals surface area contributed by atoms with Crippen molar-refractivity contribution in [2.75, 3.05) is 19.6 Å². The number of hydrogen-bond acceptors (Lipinski definition) is 2. The van der Waals surface area contributed by atoms with Crippen LogP contribution in [0, 0.1) is 0 Å². The fourth-order valence-electron chi connectivity index (χ4n) is 4.01. The number of quaternary nitrogens is 1. The molecule has 1 rings (SSSR count). The summed E-state index contributed by atoms with van der Waals surface area (Å²) in [5.41, 5.74) is 0. The van der Waals surface area contributed by atoms with Crippen molar-refractivity contribution in [2.45, 2.75) is 91.1 Å². The summed E-state index contributed by atoms with van der Waals surface area (Å²) >= 11 is 0. The fraction of sp³-hybridized carbons (Fsp3) is 0.810. The number of carbonyl (C=O) groups is 1. The summed E-state index contributed by atoms with van der Waals surface area (Å²) in [7, 11) is 0. The van der Waals surface area contributed by atoms with Crippen molar-refractivity contribution in [3.8, 4) is 0 Å². The second kappa shape index (κ2) is 12.2. The van der Waals surface area contributed by atoms with Gasteiger partial charge in [0.15, 0.2) is 12.0 Å². The summed E-state index contributed by atoms with van der Waals surface area (Å²) in [6, 6.07) is 0. The molecule has 0 aromatic carbocycles. The van der Waals surface area contributed by atoms with Gasteiger partial charge in [-0.25, -0.2) is 4.99 Å². The lowest BCUT2D eigenvalue weighted by Crippen LogP contribution is -2.62. The van der Waals surface area contributed by atoms with Crippen LogP contribution in [0.15, 0.2) is 17.6 Å². The highest BCUT2D eigenvalue weighted by molar-refractivity contribution is 5.78. The molecule has 0 radical (unpaired) electrons. The number of hydrogen-bond donors (Lipinski definition) is 1. The highest BCUT2D eigenvalue weighted by Crippen LogP contribution is 2.23. The molecule has 4 heteroatoms. The minimum Gasteiger partial charge on any atom is -0.307 e. The number of likely N-dealkylation sites (N-methyl/N-ethyl adjacent to an activating group) is 1. The molecule has 144 valence electrons. The van der Waals surface area contributed by atoms with Gasteiger partial charge in [0.25, 0.3) is 0 Å². The van der Waals surface area contributed by atoms with Gasteiger partial charge in [-0.3, -0.25) is 9.28 Å². The van der Waals surface area contributed by atoms with Crippen molar-refractivity contribution in [3.05, 3.63) is 12.7 Å². The Balaban J connectivity index is 2.24. The Hall–Kier alpha value is -1.16. The van der Waals surface area contributed by atoms with Gasteiger partial charge in [0.2, 0.25) is 5.91 Å². The molecular formula is C21H40N3O+. The van der Waals surface area contributed by atoms with Crippen LogP contribution >= 0.6 is 0 Å². The van der Waals surface area contributed by atoms with Crippen LogP contribution in [0.1, 0.15) is 85.0 Å². The Kier molecular flexibility index (Phi) is 10.7. The van der Waals surface area contributed by atoms with Crippen LogP contribution < -0.4 is 5.32 Å². The highest BCUT2D eigenvalue weighted by atomic mass is 16.1. The van der Waals surface area contributed by atoms with E-state index in [2.05, 4.69) is 25.7 Å². The zero-order valence-electron chi connectivity index (χ0n) is 16.9. The molecule has 0 bridgehead atoms. The van der Waals surface area contributed by atoms with Crippen LogP contribution in [0.5, 0.6) is 0 Å². The molecule has 0 saturated heterocycles. The zero-order valence-corrected chi connectivity index (χ0v) is 16.9. The lowest BCUT2D eigenvalue weighted by atomic mass is 10.1. The molecule has 1 aliphatic rings. The molecule has 25 heavy (non-hydrogen) atoms. The third kappa shape index (κ3) is 7.31. The van der Waals surface area contributed by atoms with Gasteiger partial charge in [-0.2, -0.15) is 0 Å². The average Bonchev–Trinajstić information content (AvgIpc) is 3.00. The highest BCUT2D eigenvalue weighted by Gasteiger charge is 2.41. The van der Waals surface area contributed by atoms with Gasteiger partial charge in [0.1, 0.15) is 6.54 Å². The van der Waals surface area contributed by atoms with E-state index in [9.17, 15) is 4.79 Å². The third-order valence-corrected chi connectivity index (χ3v) is 5.58. The zero-order chi connectivity index (χ0) is 18.5. The molecule has 0 aliphatic carbocycles. The first-order chi connectivity index (χ1) is 12.1. The van der Waals surface area contributed by atoms with E-state index in [0.717, 1.165) is 37.0 Å². The number of nitrogens with one attached hydrogen (secondary N) is 1. The van der Waals surface area contributed by atoms with E-state index in [1.54, 1.807) is 6.92 Å². The standard InChI is InChI=1S/C21H39N3O/c1-5-7-8-9-10-11-12-13-14-15-16-21-22-17-18-24(21,6-2)19(3)23-20(4)25/h5,19H,1,6-18H2,2-4H3/p+1. The summed E-state index contributed by atoms with van der Waals surface area (Å²) in [6.45, 7) is 12.6. The normalized spacial score (nSPS) is 21.0. The van der Waals surface area contributed by atoms with Gasteiger partial charge in [0.05, 0.1) is 13.1 Å². The molecule has 0 aromatic heterocycles. The third-order valence-electron chi connectivity index (χ3n) is 5.58. The Morgan fingerprint density at radius 2 is 1.80 bits per heavy atom. The first-order valence-corrected chi connectivity index (χ1v) is 10.4. The number of unbranched alkanes of at least 4 members (excludes halogenated alkanes) is 8. The Labute approximate surface area is 155 Å². The Bertz CT molecular complexity index is 433. The van der Waals surface area contributed by atoms with Crippen LogP contribution in [-0.2, 0) is 4.79 Å². The maximum atomic E-state index is 11.5. The lowest BCUT2D eigenvalue weighted by Gasteiger charge is -2.39. The van der Waals surface area contributed by atoms with Gasteiger partial charge >= 0.3 is 0 Å². The van der Waals surface area contributed by atoms with Crippen LogP contribution in [0.4, 0.5) is 0 Å². The molecule has 0 spiro atoms. The van der Waals surface area contributed by atoms with Crippen molar-refractivity contribution < 1.29 is 9.28 Å². The maximum Gasteiger partial charge on any atom is 0.221 e. The van der Waals surface area contributed by atoms with Gasteiger partial charge in [-0.15, -0.1) is 6.58 Å². The molecule has 0 aromatic rings. The van der Waals surface area contributed by atoms with Crippen molar-refractivity contribution in [2.24, 2.45) is 4.99 Å². The van der Waals surface area contributed by atoms with E-state index in [-0.39, 0.29) is 12.1 Å². The van der Waals surface area contributed by atoms with Gasteiger partial charge in [-0.05, 0) is 26.2 Å². The second-order valence-electron chi connectivity index (χ2n) is 7.40. The topological polar surface area (TPSA) is 41.5 Å². The monoisotopic (exact) mass is 350 g/mol. The first-order valence-electron chi connectivity index (χ1n) is 10.4. The lowest BCUT2D eigenvalue weighted by molar-refractivity contribution is -0.861. The van der Waals surface area contributed by atoms with Crippen LogP contribution in [0.25, 0.3) is 0 Å². The van der Waals surface area contributed by atoms with E-state index in [1.165, 1.54) is 57.2 Å². The molecule has 1 aliphatic heterocycles. The van der Waals surface area contributed by atoms with Crippen LogP contribution in [-0.4, -0.2) is 42.0 Å². The number of nitrogens with zero attached hydrogens (tertiary/aromatic N) is 2. The predicted molar refractivity (Wildman–Crippen MR) is 108 cm³/mol. The molecule has 2 atom stereocenters. The van der Waals surface area contributed by atoms with Crippen molar-refractivity contribution in [1.29, 1.82) is 0 Å². The number of rotatable bonds is 14. The minimum atomic E-state index is 0.0535. The molecule has 2 unspecified atom stereocenters. The number of aliphatic imine (C=N–C) groups is 1. The van der Waals surface area contributed by atoms with Gasteiger partial charge < -0.3 is 5.32 Å². The minimum absolute atomic E-state index is 0.0535. The molecular weight excluding hydrogens is 310 g/mol. The van der Waals surface area contributed by atoms with E-state index in [1.807, 2.05) is 6.08 Å². The van der Waals surface area contributed by atoms with Crippen molar-refractivity contribution >= 4 is 11.7 Å². The van der Waals surface area contributed by atoms with Gasteiger partial charge in [0, 0.05) is 20.3 Å². The smallest absolute Gasteiger partial charge is 0.221 e. The summed E-state index contributed by atoms with van der Waals surface area (Å²) in [5.74, 6) is 1.35. The predicted octanol–water partition coefficient (Wildman–Crippen LogP) is 4.80. The Morgan fingerprint density at radius 3 is 2.36 bits per heavy atom. The summed E-state index contributed by atoms with van der Waals surface area (Å²) < 4.78 is 0.850.